The Kier molecular flexibility index (Phi) is 7.28. The molecule has 1 aromatic heterocycles. The maximum absolute atomic E-state index is 13.9. The number of hydrazone groups is 1. The fourth-order valence-electron chi connectivity index (χ4n) is 4.88. The summed E-state index contributed by atoms with van der Waals surface area (Å²) in [5, 5.41) is 11.3. The van der Waals surface area contributed by atoms with Gasteiger partial charge in [0.15, 0.2) is 0 Å². The molecule has 202 valence electrons. The fourth-order valence-corrected chi connectivity index (χ4v) is 4.88. The Bertz CT molecular complexity index is 1740. The molecule has 0 bridgehead atoms. The van der Waals surface area contributed by atoms with Gasteiger partial charge >= 0.3 is 0 Å². The predicted molar refractivity (Wildman–Crippen MR) is 164 cm³/mol. The van der Waals surface area contributed by atoms with E-state index in [1.165, 1.54) is 5.01 Å². The zero-order chi connectivity index (χ0) is 28.2. The predicted octanol–water partition coefficient (Wildman–Crippen LogP) is 7.47. The van der Waals surface area contributed by atoms with Gasteiger partial charge in [-0.1, -0.05) is 73.7 Å². The molecule has 0 atom stereocenters. The van der Waals surface area contributed by atoms with Crippen LogP contribution < -0.4 is 9.75 Å². The largest absolute Gasteiger partial charge is 0.494 e. The zero-order valence-electron chi connectivity index (χ0n) is 23.1. The molecule has 1 aliphatic rings. The lowest BCUT2D eigenvalue weighted by Gasteiger charge is -2.11. The van der Waals surface area contributed by atoms with E-state index >= 15 is 0 Å². The normalized spacial score (nSPS) is 14.0. The van der Waals surface area contributed by atoms with Gasteiger partial charge in [-0.3, -0.25) is 4.79 Å². The van der Waals surface area contributed by atoms with Crippen molar-refractivity contribution in [1.82, 2.24) is 9.78 Å². The minimum atomic E-state index is -0.187. The Morgan fingerprint density at radius 2 is 1.49 bits per heavy atom. The van der Waals surface area contributed by atoms with Crippen molar-refractivity contribution in [2.24, 2.45) is 5.10 Å². The third-order valence-electron chi connectivity index (χ3n) is 6.91. The third-order valence-corrected chi connectivity index (χ3v) is 6.91. The Morgan fingerprint density at radius 1 is 0.829 bits per heavy atom. The van der Waals surface area contributed by atoms with Gasteiger partial charge in [-0.05, 0) is 67.4 Å². The number of hydrogen-bond acceptors (Lipinski definition) is 4. The van der Waals surface area contributed by atoms with Gasteiger partial charge in [0.1, 0.15) is 17.2 Å². The van der Waals surface area contributed by atoms with Crippen LogP contribution in [-0.2, 0) is 4.79 Å². The van der Waals surface area contributed by atoms with Crippen molar-refractivity contribution in [3.8, 4) is 22.7 Å². The number of carbonyl (C=O) groups is 1. The van der Waals surface area contributed by atoms with Crippen LogP contribution >= 0.6 is 0 Å². The molecule has 6 heteroatoms. The molecule has 1 amide bonds. The standard InChI is InChI=1S/C35H30N4O2/c1-3-21-41-30-19-20-31(25(2)22-30)34-27(24-38(36-34)28-15-9-5-10-16-28)23-32-33(26-13-7-4-8-14-26)37-39(35(32)40)29-17-11-6-12-18-29/h4-20,22-24H,3,21H2,1-2H3/b32-23-. The van der Waals surface area contributed by atoms with E-state index in [9.17, 15) is 4.79 Å². The number of ether oxygens (including phenoxy) is 1. The summed E-state index contributed by atoms with van der Waals surface area (Å²) < 4.78 is 7.72. The van der Waals surface area contributed by atoms with E-state index in [0.29, 0.717) is 23.6 Å². The maximum atomic E-state index is 13.9. The zero-order valence-corrected chi connectivity index (χ0v) is 23.1. The van der Waals surface area contributed by atoms with Gasteiger partial charge in [0.2, 0.25) is 0 Å². The van der Waals surface area contributed by atoms with Crippen molar-refractivity contribution in [3.05, 3.63) is 138 Å². The van der Waals surface area contributed by atoms with Crippen molar-refractivity contribution in [1.29, 1.82) is 0 Å². The molecule has 41 heavy (non-hydrogen) atoms. The number of carbonyl (C=O) groups excluding carboxylic acids is 1. The first kappa shape index (κ1) is 26.0. The second-order valence-corrected chi connectivity index (χ2v) is 9.86. The van der Waals surface area contributed by atoms with E-state index in [1.54, 1.807) is 0 Å². The molecule has 1 aliphatic heterocycles. The van der Waals surface area contributed by atoms with Gasteiger partial charge in [0.25, 0.3) is 5.91 Å². The summed E-state index contributed by atoms with van der Waals surface area (Å²) >= 11 is 0. The SMILES string of the molecule is CCCOc1ccc(-c2nn(-c3ccccc3)cc2/C=C2\C(=O)N(c3ccccc3)N=C2c2ccccc2)c(C)c1. The van der Waals surface area contributed by atoms with Crippen molar-refractivity contribution < 1.29 is 9.53 Å². The van der Waals surface area contributed by atoms with Crippen molar-refractivity contribution in [3.63, 3.8) is 0 Å². The lowest BCUT2D eigenvalue weighted by molar-refractivity contribution is -0.114. The molecule has 0 unspecified atom stereocenters. The summed E-state index contributed by atoms with van der Waals surface area (Å²) in [4.78, 5) is 13.9. The van der Waals surface area contributed by atoms with Gasteiger partial charge in [-0.15, -0.1) is 0 Å². The van der Waals surface area contributed by atoms with Crippen LogP contribution in [0.5, 0.6) is 5.75 Å². The molecule has 0 aliphatic carbocycles. The van der Waals surface area contributed by atoms with Gasteiger partial charge < -0.3 is 4.74 Å². The van der Waals surface area contributed by atoms with Crippen LogP contribution in [0.1, 0.15) is 30.0 Å². The van der Waals surface area contributed by atoms with Crippen LogP contribution in [-0.4, -0.2) is 28.0 Å². The van der Waals surface area contributed by atoms with Crippen LogP contribution in [0, 0.1) is 6.92 Å². The Morgan fingerprint density at radius 3 is 2.15 bits per heavy atom. The molecular formula is C35H30N4O2. The summed E-state index contributed by atoms with van der Waals surface area (Å²) in [7, 11) is 0. The number of aryl methyl sites for hydroxylation is 1. The third kappa shape index (κ3) is 5.32. The molecule has 0 radical (unpaired) electrons. The highest BCUT2D eigenvalue weighted by molar-refractivity contribution is 6.37. The molecule has 4 aromatic carbocycles. The molecule has 0 N–H and O–H groups in total. The molecule has 5 aromatic rings. The minimum Gasteiger partial charge on any atom is -0.494 e. The summed E-state index contributed by atoms with van der Waals surface area (Å²) in [6.45, 7) is 4.81. The van der Waals surface area contributed by atoms with E-state index in [4.69, 9.17) is 14.9 Å². The lowest BCUT2D eigenvalue weighted by atomic mass is 9.97. The average Bonchev–Trinajstić information content (AvgIpc) is 3.58. The van der Waals surface area contributed by atoms with Crippen LogP contribution in [0.15, 0.2) is 126 Å². The van der Waals surface area contributed by atoms with E-state index in [1.807, 2.05) is 126 Å². The number of amides is 1. The molecule has 2 heterocycles. The maximum Gasteiger partial charge on any atom is 0.281 e. The summed E-state index contributed by atoms with van der Waals surface area (Å²) in [6.07, 6.45) is 4.83. The quantitative estimate of drug-likeness (QED) is 0.193. The highest BCUT2D eigenvalue weighted by Gasteiger charge is 2.32. The van der Waals surface area contributed by atoms with Crippen LogP contribution in [0.2, 0.25) is 0 Å². The van der Waals surface area contributed by atoms with Gasteiger partial charge in [0.05, 0.1) is 23.6 Å². The highest BCUT2D eigenvalue weighted by Crippen LogP contribution is 2.33. The molecule has 6 rings (SSSR count). The number of anilines is 1. The Balaban J connectivity index is 1.50. The lowest BCUT2D eigenvalue weighted by Crippen LogP contribution is -2.21. The molecule has 0 fully saturated rings. The van der Waals surface area contributed by atoms with Crippen molar-refractivity contribution >= 4 is 23.4 Å². The van der Waals surface area contributed by atoms with E-state index in [2.05, 4.69) is 13.8 Å². The van der Waals surface area contributed by atoms with Crippen LogP contribution in [0.25, 0.3) is 23.0 Å². The second kappa shape index (κ2) is 11.5. The fraction of sp³-hybridized carbons (Fsp3) is 0.114. The molecule has 6 nitrogen and oxygen atoms in total. The molecule has 0 spiro atoms. The number of aromatic nitrogens is 2. The Labute approximate surface area is 239 Å². The number of rotatable bonds is 8. The number of nitrogens with zero attached hydrogens (tertiary/aromatic N) is 4. The van der Waals surface area contributed by atoms with Crippen LogP contribution in [0.3, 0.4) is 0 Å². The average molecular weight is 539 g/mol. The summed E-state index contributed by atoms with van der Waals surface area (Å²) in [6, 6.07) is 35.3. The van der Waals surface area contributed by atoms with Crippen molar-refractivity contribution in [2.45, 2.75) is 20.3 Å². The molecule has 0 saturated carbocycles. The van der Waals surface area contributed by atoms with E-state index < -0.39 is 0 Å². The first-order chi connectivity index (χ1) is 20.1. The summed E-state index contributed by atoms with van der Waals surface area (Å²) in [5.74, 6) is 0.645. The summed E-state index contributed by atoms with van der Waals surface area (Å²) in [5.41, 5.74) is 7.26. The number of benzene rings is 4. The van der Waals surface area contributed by atoms with Gasteiger partial charge in [-0.2, -0.15) is 15.2 Å². The second-order valence-electron chi connectivity index (χ2n) is 9.86. The number of hydrogen-bond donors (Lipinski definition) is 0. The number of para-hydroxylation sites is 2. The van der Waals surface area contributed by atoms with Gasteiger partial charge in [0, 0.05) is 22.9 Å². The first-order valence-corrected chi connectivity index (χ1v) is 13.8. The van der Waals surface area contributed by atoms with Gasteiger partial charge in [-0.25, -0.2) is 4.68 Å². The minimum absolute atomic E-state index is 0.187. The molecule has 0 saturated heterocycles. The first-order valence-electron chi connectivity index (χ1n) is 13.8. The van der Waals surface area contributed by atoms with Crippen molar-refractivity contribution in [2.75, 3.05) is 11.6 Å². The van der Waals surface area contributed by atoms with E-state index in [-0.39, 0.29) is 5.91 Å². The Hall–Kier alpha value is -5.23. The highest BCUT2D eigenvalue weighted by atomic mass is 16.5. The van der Waals surface area contributed by atoms with E-state index in [0.717, 1.165) is 45.8 Å². The smallest absolute Gasteiger partial charge is 0.281 e. The topological polar surface area (TPSA) is 59.7 Å². The monoisotopic (exact) mass is 538 g/mol. The van der Waals surface area contributed by atoms with Crippen LogP contribution in [0.4, 0.5) is 5.69 Å². The molecular weight excluding hydrogens is 508 g/mol.